The standard InChI is InChI=1S/C15H18N4O.ClH/c16-10-6-7-11(9-10)18-15-12(3-2-8-17-15)13-4-1-5-14(20)19-13;/h1-5,8,10-11H,6-7,9,16H2,(H,17,18)(H,19,20);1H/t10-,11-;/m0./s1. The summed E-state index contributed by atoms with van der Waals surface area (Å²) < 4.78 is 0. The van der Waals surface area contributed by atoms with Crippen molar-refractivity contribution in [3.05, 3.63) is 46.9 Å². The van der Waals surface area contributed by atoms with Crippen molar-refractivity contribution in [2.75, 3.05) is 5.32 Å². The fourth-order valence-electron chi connectivity index (χ4n) is 2.68. The average Bonchev–Trinajstić information content (AvgIpc) is 2.85. The summed E-state index contributed by atoms with van der Waals surface area (Å²) in [7, 11) is 0. The van der Waals surface area contributed by atoms with Crippen molar-refractivity contribution in [1.29, 1.82) is 0 Å². The van der Waals surface area contributed by atoms with E-state index in [-0.39, 0.29) is 24.0 Å². The second-order valence-corrected chi connectivity index (χ2v) is 5.24. The molecule has 0 unspecified atom stereocenters. The molecule has 112 valence electrons. The fraction of sp³-hybridized carbons (Fsp3) is 0.333. The van der Waals surface area contributed by atoms with Crippen LogP contribution in [0.5, 0.6) is 0 Å². The smallest absolute Gasteiger partial charge is 0.248 e. The SMILES string of the molecule is Cl.N[C@H]1CC[C@H](Nc2ncccc2-c2cccc(=O)[nH]2)C1. The summed E-state index contributed by atoms with van der Waals surface area (Å²) in [6.45, 7) is 0. The number of H-pyrrole nitrogens is 1. The number of nitrogens with two attached hydrogens (primary N) is 1. The Morgan fingerprint density at radius 1 is 1.24 bits per heavy atom. The molecule has 1 saturated carbocycles. The zero-order chi connectivity index (χ0) is 13.9. The van der Waals surface area contributed by atoms with Crippen molar-refractivity contribution in [3.63, 3.8) is 0 Å². The Morgan fingerprint density at radius 2 is 2.10 bits per heavy atom. The molecule has 2 aromatic heterocycles. The summed E-state index contributed by atoms with van der Waals surface area (Å²) in [6.07, 6.45) is 4.81. The van der Waals surface area contributed by atoms with Gasteiger partial charge in [0.05, 0.1) is 5.69 Å². The van der Waals surface area contributed by atoms with Crippen LogP contribution in [0.25, 0.3) is 11.3 Å². The summed E-state index contributed by atoms with van der Waals surface area (Å²) in [5.74, 6) is 0.799. The van der Waals surface area contributed by atoms with Crippen molar-refractivity contribution >= 4 is 18.2 Å². The van der Waals surface area contributed by atoms with Gasteiger partial charge in [0.25, 0.3) is 0 Å². The molecule has 1 aliphatic rings. The van der Waals surface area contributed by atoms with Gasteiger partial charge in [0.1, 0.15) is 5.82 Å². The van der Waals surface area contributed by atoms with E-state index in [2.05, 4.69) is 15.3 Å². The average molecular weight is 307 g/mol. The maximum absolute atomic E-state index is 11.4. The van der Waals surface area contributed by atoms with Gasteiger partial charge >= 0.3 is 0 Å². The minimum atomic E-state index is -0.111. The number of nitrogens with one attached hydrogen (secondary N) is 2. The van der Waals surface area contributed by atoms with Gasteiger partial charge < -0.3 is 16.0 Å². The minimum absolute atomic E-state index is 0. The first-order valence-electron chi connectivity index (χ1n) is 6.89. The second kappa shape index (κ2) is 6.74. The number of hydrogen-bond acceptors (Lipinski definition) is 4. The van der Waals surface area contributed by atoms with Crippen LogP contribution in [-0.2, 0) is 0 Å². The third kappa shape index (κ3) is 3.62. The predicted molar refractivity (Wildman–Crippen MR) is 86.8 cm³/mol. The molecular formula is C15H19ClN4O. The number of rotatable bonds is 3. The largest absolute Gasteiger partial charge is 0.367 e. The van der Waals surface area contributed by atoms with Crippen LogP contribution < -0.4 is 16.6 Å². The molecule has 0 radical (unpaired) electrons. The van der Waals surface area contributed by atoms with Crippen LogP contribution in [0.4, 0.5) is 5.82 Å². The summed E-state index contributed by atoms with van der Waals surface area (Å²) >= 11 is 0. The maximum Gasteiger partial charge on any atom is 0.248 e. The highest BCUT2D eigenvalue weighted by molar-refractivity contribution is 5.85. The number of anilines is 1. The van der Waals surface area contributed by atoms with Gasteiger partial charge in [-0.1, -0.05) is 6.07 Å². The Labute approximate surface area is 129 Å². The molecule has 21 heavy (non-hydrogen) atoms. The van der Waals surface area contributed by atoms with Crippen LogP contribution >= 0.6 is 12.4 Å². The van der Waals surface area contributed by atoms with Crippen LogP contribution in [0.3, 0.4) is 0 Å². The lowest BCUT2D eigenvalue weighted by Crippen LogP contribution is -2.21. The molecule has 2 heterocycles. The number of halogens is 1. The predicted octanol–water partition coefficient (Wildman–Crippen LogP) is 2.15. The van der Waals surface area contributed by atoms with Crippen LogP contribution in [0, 0.1) is 0 Å². The van der Waals surface area contributed by atoms with Gasteiger partial charge in [-0.25, -0.2) is 4.98 Å². The van der Waals surface area contributed by atoms with Gasteiger partial charge in [-0.05, 0) is 37.5 Å². The van der Waals surface area contributed by atoms with Crippen molar-refractivity contribution in [2.24, 2.45) is 5.73 Å². The minimum Gasteiger partial charge on any atom is -0.367 e. The number of nitrogens with zero attached hydrogens (tertiary/aromatic N) is 1. The highest BCUT2D eigenvalue weighted by Gasteiger charge is 2.22. The lowest BCUT2D eigenvalue weighted by atomic mass is 10.1. The van der Waals surface area contributed by atoms with Crippen LogP contribution in [0.1, 0.15) is 19.3 Å². The van der Waals surface area contributed by atoms with Gasteiger partial charge in [0, 0.05) is 29.9 Å². The quantitative estimate of drug-likeness (QED) is 0.811. The molecule has 3 rings (SSSR count). The first-order valence-corrected chi connectivity index (χ1v) is 6.89. The molecule has 0 amide bonds. The molecule has 0 saturated heterocycles. The Kier molecular flexibility index (Phi) is 4.98. The molecular weight excluding hydrogens is 288 g/mol. The molecule has 2 aromatic rings. The molecule has 0 spiro atoms. The number of aromatic nitrogens is 2. The van der Waals surface area contributed by atoms with E-state index in [1.54, 1.807) is 12.3 Å². The highest BCUT2D eigenvalue weighted by Crippen LogP contribution is 2.27. The Morgan fingerprint density at radius 3 is 2.81 bits per heavy atom. The van der Waals surface area contributed by atoms with E-state index in [4.69, 9.17) is 5.73 Å². The fourth-order valence-corrected chi connectivity index (χ4v) is 2.68. The number of pyridine rings is 2. The molecule has 0 aromatic carbocycles. The summed E-state index contributed by atoms with van der Waals surface area (Å²) in [6, 6.07) is 9.58. The highest BCUT2D eigenvalue weighted by atomic mass is 35.5. The third-order valence-electron chi connectivity index (χ3n) is 3.68. The van der Waals surface area contributed by atoms with E-state index in [1.165, 1.54) is 6.07 Å². The zero-order valence-electron chi connectivity index (χ0n) is 11.6. The lowest BCUT2D eigenvalue weighted by Gasteiger charge is -2.16. The molecule has 1 aliphatic carbocycles. The van der Waals surface area contributed by atoms with Crippen molar-refractivity contribution < 1.29 is 0 Å². The van der Waals surface area contributed by atoms with Gasteiger partial charge in [-0.3, -0.25) is 4.79 Å². The van der Waals surface area contributed by atoms with Gasteiger partial charge in [-0.15, -0.1) is 12.4 Å². The molecule has 0 bridgehead atoms. The van der Waals surface area contributed by atoms with Crippen molar-refractivity contribution in [1.82, 2.24) is 9.97 Å². The van der Waals surface area contributed by atoms with E-state index in [9.17, 15) is 4.79 Å². The number of aromatic amines is 1. The normalized spacial score (nSPS) is 20.8. The summed E-state index contributed by atoms with van der Waals surface area (Å²) in [5.41, 5.74) is 7.51. The molecule has 2 atom stereocenters. The van der Waals surface area contributed by atoms with E-state index < -0.39 is 0 Å². The van der Waals surface area contributed by atoms with E-state index >= 15 is 0 Å². The Bertz CT molecular complexity index is 658. The summed E-state index contributed by atoms with van der Waals surface area (Å²) in [5, 5.41) is 3.44. The number of hydrogen-bond donors (Lipinski definition) is 3. The third-order valence-corrected chi connectivity index (χ3v) is 3.68. The van der Waals surface area contributed by atoms with Crippen molar-refractivity contribution in [2.45, 2.75) is 31.3 Å². The molecule has 0 aliphatic heterocycles. The molecule has 6 heteroatoms. The second-order valence-electron chi connectivity index (χ2n) is 5.24. The Hall–Kier alpha value is -1.85. The van der Waals surface area contributed by atoms with Gasteiger partial charge in [0.15, 0.2) is 0 Å². The van der Waals surface area contributed by atoms with Gasteiger partial charge in [-0.2, -0.15) is 0 Å². The van der Waals surface area contributed by atoms with Crippen LogP contribution in [0.2, 0.25) is 0 Å². The first kappa shape index (κ1) is 15.5. The first-order chi connectivity index (χ1) is 9.72. The van der Waals surface area contributed by atoms with Crippen LogP contribution in [0.15, 0.2) is 41.3 Å². The topological polar surface area (TPSA) is 83.8 Å². The maximum atomic E-state index is 11.4. The zero-order valence-corrected chi connectivity index (χ0v) is 12.4. The Balaban J connectivity index is 0.00000161. The molecule has 5 nitrogen and oxygen atoms in total. The van der Waals surface area contributed by atoms with E-state index in [0.29, 0.717) is 6.04 Å². The lowest BCUT2D eigenvalue weighted by molar-refractivity contribution is 0.687. The van der Waals surface area contributed by atoms with Gasteiger partial charge in [0.2, 0.25) is 5.56 Å². The van der Waals surface area contributed by atoms with E-state index in [1.807, 2.05) is 18.2 Å². The van der Waals surface area contributed by atoms with Crippen LogP contribution in [-0.4, -0.2) is 22.1 Å². The monoisotopic (exact) mass is 306 g/mol. The molecule has 1 fully saturated rings. The van der Waals surface area contributed by atoms with E-state index in [0.717, 1.165) is 36.3 Å². The molecule has 4 N–H and O–H groups in total. The summed E-state index contributed by atoms with van der Waals surface area (Å²) in [4.78, 5) is 18.7. The van der Waals surface area contributed by atoms with Crippen molar-refractivity contribution in [3.8, 4) is 11.3 Å².